The van der Waals surface area contributed by atoms with Gasteiger partial charge in [0.1, 0.15) is 23.0 Å². The van der Waals surface area contributed by atoms with Crippen molar-refractivity contribution in [3.05, 3.63) is 194 Å². The van der Waals surface area contributed by atoms with Gasteiger partial charge in [0, 0.05) is 21.9 Å². The molecule has 0 saturated heterocycles. The minimum atomic E-state index is 0.891. The summed E-state index contributed by atoms with van der Waals surface area (Å²) < 4.78 is 13.2. The fourth-order valence-electron chi connectivity index (χ4n) is 10.00. The first kappa shape index (κ1) is 31.5. The second-order valence-corrected chi connectivity index (χ2v) is 15.5. The summed E-state index contributed by atoms with van der Waals surface area (Å²) in [5.74, 6) is 3.57. The number of ether oxygens (including phenoxy) is 2. The van der Waals surface area contributed by atoms with Crippen LogP contribution in [0, 0.1) is 0 Å². The molecule has 268 valence electrons. The Hall–Kier alpha value is -7.68. The molecule has 0 aliphatic carbocycles. The van der Waals surface area contributed by atoms with Gasteiger partial charge in [-0.15, -0.1) is 0 Å². The Morgan fingerprint density at radius 2 is 0.690 bits per heavy atom. The standard InChI is InChI=1S/C56H32O2/c1-2-14-35-33(12-1)13-9-19-36(35)34-26-27-47-48(32-34)54(46-30-31-52-55-39(20-10-21-42(46)55)37-15-5-7-23-49(37)58-52)41-18-4-3-17-40(41)53(47)45-29-28-44-38-16-6-8-24-50(38)57-51-25-11-22-43(45)56(44)51/h1-32H. The molecular formula is C56H32O2. The highest BCUT2D eigenvalue weighted by Gasteiger charge is 2.26. The van der Waals surface area contributed by atoms with Crippen LogP contribution in [-0.2, 0) is 0 Å². The molecule has 0 saturated carbocycles. The van der Waals surface area contributed by atoms with Gasteiger partial charge in [-0.1, -0.05) is 158 Å². The van der Waals surface area contributed by atoms with Crippen LogP contribution in [0.3, 0.4) is 0 Å². The first-order valence-electron chi connectivity index (χ1n) is 19.9. The molecule has 0 unspecified atom stereocenters. The summed E-state index contributed by atoms with van der Waals surface area (Å²) in [5.41, 5.74) is 11.9. The minimum Gasteiger partial charge on any atom is -0.456 e. The highest BCUT2D eigenvalue weighted by atomic mass is 16.5. The Labute approximate surface area is 334 Å². The number of benzene rings is 11. The largest absolute Gasteiger partial charge is 0.456 e. The van der Waals surface area contributed by atoms with Gasteiger partial charge in [-0.2, -0.15) is 0 Å². The molecule has 0 atom stereocenters. The van der Waals surface area contributed by atoms with E-state index in [0.717, 1.165) is 44.9 Å². The smallest absolute Gasteiger partial charge is 0.135 e. The molecule has 0 fully saturated rings. The van der Waals surface area contributed by atoms with Crippen LogP contribution in [0.4, 0.5) is 0 Å². The van der Waals surface area contributed by atoms with E-state index in [4.69, 9.17) is 9.47 Å². The molecule has 0 aromatic heterocycles. The Morgan fingerprint density at radius 1 is 0.241 bits per heavy atom. The Kier molecular flexibility index (Phi) is 6.47. The normalized spacial score (nSPS) is 12.4. The van der Waals surface area contributed by atoms with Gasteiger partial charge in [0.15, 0.2) is 0 Å². The van der Waals surface area contributed by atoms with E-state index in [1.54, 1.807) is 0 Å². The van der Waals surface area contributed by atoms with Gasteiger partial charge in [0.25, 0.3) is 0 Å². The molecule has 2 heteroatoms. The molecule has 0 amide bonds. The van der Waals surface area contributed by atoms with Gasteiger partial charge in [0.05, 0.1) is 0 Å². The van der Waals surface area contributed by atoms with Gasteiger partial charge >= 0.3 is 0 Å². The van der Waals surface area contributed by atoms with Gasteiger partial charge in [-0.3, -0.25) is 0 Å². The van der Waals surface area contributed by atoms with Crippen molar-refractivity contribution in [2.75, 3.05) is 0 Å². The molecule has 0 N–H and O–H groups in total. The molecule has 0 spiro atoms. The molecule has 2 heterocycles. The van der Waals surface area contributed by atoms with Crippen LogP contribution in [0.5, 0.6) is 23.0 Å². The maximum atomic E-state index is 6.60. The highest BCUT2D eigenvalue weighted by Crippen LogP contribution is 2.54. The van der Waals surface area contributed by atoms with Crippen molar-refractivity contribution in [1.82, 2.24) is 0 Å². The third-order valence-corrected chi connectivity index (χ3v) is 12.5. The van der Waals surface area contributed by atoms with Crippen molar-refractivity contribution in [2.45, 2.75) is 0 Å². The van der Waals surface area contributed by atoms with E-state index in [0.29, 0.717) is 0 Å². The average Bonchev–Trinajstić information content (AvgIpc) is 3.28. The molecular weight excluding hydrogens is 705 g/mol. The summed E-state index contributed by atoms with van der Waals surface area (Å²) >= 11 is 0. The number of hydrogen-bond donors (Lipinski definition) is 0. The van der Waals surface area contributed by atoms with Crippen LogP contribution in [0.2, 0.25) is 0 Å². The van der Waals surface area contributed by atoms with Crippen LogP contribution in [-0.4, -0.2) is 0 Å². The van der Waals surface area contributed by atoms with Crippen molar-refractivity contribution in [1.29, 1.82) is 0 Å². The lowest BCUT2D eigenvalue weighted by Gasteiger charge is -2.25. The van der Waals surface area contributed by atoms with Gasteiger partial charge in [0.2, 0.25) is 0 Å². The highest BCUT2D eigenvalue weighted by molar-refractivity contribution is 6.27. The minimum absolute atomic E-state index is 0.891. The van der Waals surface area contributed by atoms with Crippen LogP contribution in [0.25, 0.3) is 109 Å². The predicted octanol–water partition coefficient (Wildman–Crippen LogP) is 16.0. The summed E-state index contributed by atoms with van der Waals surface area (Å²) in [5, 5.41) is 12.0. The van der Waals surface area contributed by atoms with Crippen LogP contribution >= 0.6 is 0 Å². The van der Waals surface area contributed by atoms with Crippen molar-refractivity contribution in [2.24, 2.45) is 0 Å². The van der Waals surface area contributed by atoms with E-state index in [1.807, 2.05) is 12.1 Å². The zero-order valence-electron chi connectivity index (χ0n) is 31.3. The summed E-state index contributed by atoms with van der Waals surface area (Å²) in [6, 6.07) is 70.4. The number of rotatable bonds is 3. The predicted molar refractivity (Wildman–Crippen MR) is 241 cm³/mol. The average molecular weight is 737 g/mol. The maximum absolute atomic E-state index is 6.60. The van der Waals surface area contributed by atoms with Crippen molar-refractivity contribution < 1.29 is 9.47 Å². The first-order chi connectivity index (χ1) is 28.8. The van der Waals surface area contributed by atoms with Crippen LogP contribution < -0.4 is 9.47 Å². The van der Waals surface area contributed by atoms with Gasteiger partial charge < -0.3 is 9.47 Å². The van der Waals surface area contributed by atoms with Crippen LogP contribution in [0.15, 0.2) is 194 Å². The van der Waals surface area contributed by atoms with E-state index in [9.17, 15) is 0 Å². The Morgan fingerprint density at radius 3 is 1.43 bits per heavy atom. The zero-order chi connectivity index (χ0) is 37.9. The number of fused-ring (bicyclic) bond motifs is 7. The lowest BCUT2D eigenvalue weighted by atomic mass is 9.81. The molecule has 2 nitrogen and oxygen atoms in total. The Balaban J connectivity index is 1.17. The molecule has 13 rings (SSSR count). The summed E-state index contributed by atoms with van der Waals surface area (Å²) in [6.07, 6.45) is 0. The number of hydrogen-bond acceptors (Lipinski definition) is 2. The van der Waals surface area contributed by atoms with Crippen molar-refractivity contribution in [3.8, 4) is 78.6 Å². The third-order valence-electron chi connectivity index (χ3n) is 12.5. The molecule has 0 bridgehead atoms. The summed E-state index contributed by atoms with van der Waals surface area (Å²) in [7, 11) is 0. The molecule has 2 aliphatic rings. The molecule has 11 aromatic carbocycles. The third kappa shape index (κ3) is 4.37. The fraction of sp³-hybridized carbons (Fsp3) is 0. The fourth-order valence-corrected chi connectivity index (χ4v) is 10.00. The zero-order valence-corrected chi connectivity index (χ0v) is 31.3. The SMILES string of the molecule is c1ccc2c(c1)Oc1cccc3c(-c4c5ccccc5c(-c5ccc6c7c(cccc57)-c5ccccc5O6)c5cc(-c6cccc7ccccc67)ccc45)ccc-2c13. The van der Waals surface area contributed by atoms with E-state index in [-0.39, 0.29) is 0 Å². The van der Waals surface area contributed by atoms with Crippen molar-refractivity contribution >= 4 is 53.9 Å². The van der Waals surface area contributed by atoms with E-state index < -0.39 is 0 Å². The van der Waals surface area contributed by atoms with Crippen LogP contribution in [0.1, 0.15) is 0 Å². The summed E-state index contributed by atoms with van der Waals surface area (Å²) in [4.78, 5) is 0. The van der Waals surface area contributed by atoms with E-state index in [2.05, 4.69) is 182 Å². The second kappa shape index (κ2) is 11.9. The summed E-state index contributed by atoms with van der Waals surface area (Å²) in [6.45, 7) is 0. The van der Waals surface area contributed by atoms with Gasteiger partial charge in [-0.25, -0.2) is 0 Å². The Bertz CT molecular complexity index is 3570. The van der Waals surface area contributed by atoms with E-state index >= 15 is 0 Å². The number of para-hydroxylation sites is 2. The molecule has 58 heavy (non-hydrogen) atoms. The molecule has 11 aromatic rings. The first-order valence-corrected chi connectivity index (χ1v) is 19.9. The molecule has 0 radical (unpaired) electrons. The maximum Gasteiger partial charge on any atom is 0.135 e. The quantitative estimate of drug-likeness (QED) is 0.168. The van der Waals surface area contributed by atoms with Gasteiger partial charge in [-0.05, 0) is 124 Å². The second-order valence-electron chi connectivity index (χ2n) is 15.5. The molecule has 2 aliphatic heterocycles. The topological polar surface area (TPSA) is 18.5 Å². The lowest BCUT2D eigenvalue weighted by Crippen LogP contribution is -1.99. The van der Waals surface area contributed by atoms with Crippen molar-refractivity contribution in [3.63, 3.8) is 0 Å². The van der Waals surface area contributed by atoms with E-state index in [1.165, 1.54) is 87.6 Å². The lowest BCUT2D eigenvalue weighted by molar-refractivity contribution is 0.487. The monoisotopic (exact) mass is 736 g/mol.